The average molecular weight is 278 g/mol. The van der Waals surface area contributed by atoms with Crippen LogP contribution in [0, 0.1) is 0 Å². The molecule has 3 N–H and O–H groups in total. The lowest BCUT2D eigenvalue weighted by molar-refractivity contribution is 0.276. The van der Waals surface area contributed by atoms with Gasteiger partial charge in [0.1, 0.15) is 5.75 Å². The van der Waals surface area contributed by atoms with Crippen LogP contribution in [0.5, 0.6) is 5.75 Å². The molecule has 1 aromatic rings. The molecular weight excluding hydrogens is 261 g/mol. The summed E-state index contributed by atoms with van der Waals surface area (Å²) in [5.74, 6) is 0.0675. The van der Waals surface area contributed by atoms with Gasteiger partial charge in [-0.1, -0.05) is 23.2 Å². The van der Waals surface area contributed by atoms with Crippen molar-refractivity contribution in [1.29, 1.82) is 0 Å². The van der Waals surface area contributed by atoms with Crippen molar-refractivity contribution in [3.8, 4) is 5.75 Å². The number of phenolic OH excluding ortho intramolecular Hbond substituents is 1. The number of aliphatic hydroxyl groups excluding tert-OH is 1. The lowest BCUT2D eigenvalue weighted by atomic mass is 10.1. The third-order valence-electron chi connectivity index (χ3n) is 2.54. The van der Waals surface area contributed by atoms with Crippen LogP contribution >= 0.6 is 23.2 Å². The van der Waals surface area contributed by atoms with Crippen molar-refractivity contribution >= 4 is 23.2 Å². The highest BCUT2D eigenvalue weighted by Crippen LogP contribution is 2.31. The number of nitrogens with one attached hydrogen (secondary N) is 1. The zero-order chi connectivity index (χ0) is 12.8. The number of hydrogen-bond acceptors (Lipinski definition) is 3. The summed E-state index contributed by atoms with van der Waals surface area (Å²) in [6.07, 6.45) is 1.64. The normalized spacial score (nSPS) is 12.7. The lowest BCUT2D eigenvalue weighted by Gasteiger charge is -2.14. The van der Waals surface area contributed by atoms with Gasteiger partial charge in [0.15, 0.2) is 0 Å². The summed E-state index contributed by atoms with van der Waals surface area (Å²) in [4.78, 5) is 0. The van der Waals surface area contributed by atoms with Crippen LogP contribution in [-0.4, -0.2) is 22.9 Å². The first-order chi connectivity index (χ1) is 8.04. The van der Waals surface area contributed by atoms with Crippen molar-refractivity contribution in [3.63, 3.8) is 0 Å². The molecule has 1 rings (SSSR count). The minimum Gasteiger partial charge on any atom is -0.506 e. The van der Waals surface area contributed by atoms with Crippen LogP contribution in [0.25, 0.3) is 0 Å². The van der Waals surface area contributed by atoms with E-state index >= 15 is 0 Å². The van der Waals surface area contributed by atoms with Crippen LogP contribution in [0.1, 0.15) is 25.3 Å². The second-order valence-corrected chi connectivity index (χ2v) is 4.89. The Labute approximate surface area is 111 Å². The van der Waals surface area contributed by atoms with E-state index < -0.39 is 0 Å². The maximum Gasteiger partial charge on any atom is 0.138 e. The third-order valence-corrected chi connectivity index (χ3v) is 3.05. The van der Waals surface area contributed by atoms with E-state index in [9.17, 15) is 5.11 Å². The van der Waals surface area contributed by atoms with Gasteiger partial charge in [-0.3, -0.25) is 0 Å². The predicted octanol–water partition coefficient (Wildman–Crippen LogP) is 2.95. The summed E-state index contributed by atoms with van der Waals surface area (Å²) >= 11 is 11.7. The largest absolute Gasteiger partial charge is 0.506 e. The first kappa shape index (κ1) is 14.6. The SMILES string of the molecule is CC(CCCO)NCc1cc(Cl)cc(Cl)c1O. The van der Waals surface area contributed by atoms with Gasteiger partial charge in [0.25, 0.3) is 0 Å². The zero-order valence-corrected chi connectivity index (χ0v) is 11.2. The molecule has 0 aliphatic rings. The number of aromatic hydroxyl groups is 1. The molecule has 0 aromatic heterocycles. The topological polar surface area (TPSA) is 52.5 Å². The number of phenols is 1. The summed E-state index contributed by atoms with van der Waals surface area (Å²) in [5.41, 5.74) is 0.679. The zero-order valence-electron chi connectivity index (χ0n) is 9.71. The Balaban J connectivity index is 2.57. The van der Waals surface area contributed by atoms with Crippen LogP contribution in [0.3, 0.4) is 0 Å². The smallest absolute Gasteiger partial charge is 0.138 e. The molecule has 1 aromatic carbocycles. The van der Waals surface area contributed by atoms with Crippen LogP contribution in [0.15, 0.2) is 12.1 Å². The highest BCUT2D eigenvalue weighted by atomic mass is 35.5. The highest BCUT2D eigenvalue weighted by molar-refractivity contribution is 6.35. The molecule has 0 spiro atoms. The molecule has 0 bridgehead atoms. The van der Waals surface area contributed by atoms with Gasteiger partial charge < -0.3 is 15.5 Å². The quantitative estimate of drug-likeness (QED) is 0.750. The summed E-state index contributed by atoms with van der Waals surface area (Å²) < 4.78 is 0. The van der Waals surface area contributed by atoms with E-state index in [1.807, 2.05) is 6.92 Å². The fourth-order valence-corrected chi connectivity index (χ4v) is 2.07. The number of rotatable bonds is 6. The fourth-order valence-electron chi connectivity index (χ4n) is 1.54. The van der Waals surface area contributed by atoms with Crippen molar-refractivity contribution in [2.75, 3.05) is 6.61 Å². The molecular formula is C12H17Cl2NO2. The molecule has 3 nitrogen and oxygen atoms in total. The van der Waals surface area contributed by atoms with Gasteiger partial charge in [-0.05, 0) is 31.9 Å². The fraction of sp³-hybridized carbons (Fsp3) is 0.500. The molecule has 0 saturated carbocycles. The predicted molar refractivity (Wildman–Crippen MR) is 70.7 cm³/mol. The average Bonchev–Trinajstić information content (AvgIpc) is 2.29. The molecule has 96 valence electrons. The molecule has 0 aliphatic heterocycles. The van der Waals surface area contributed by atoms with Crippen molar-refractivity contribution in [2.24, 2.45) is 0 Å². The van der Waals surface area contributed by atoms with Crippen LogP contribution in [0.4, 0.5) is 0 Å². The van der Waals surface area contributed by atoms with Gasteiger partial charge in [-0.25, -0.2) is 0 Å². The van der Waals surface area contributed by atoms with E-state index in [2.05, 4.69) is 5.32 Å². The van der Waals surface area contributed by atoms with E-state index in [4.69, 9.17) is 28.3 Å². The summed E-state index contributed by atoms with van der Waals surface area (Å²) in [6, 6.07) is 3.46. The Bertz CT molecular complexity index is 372. The summed E-state index contributed by atoms with van der Waals surface area (Å²) in [6.45, 7) is 2.72. The summed E-state index contributed by atoms with van der Waals surface area (Å²) in [5, 5.41) is 22.5. The molecule has 0 amide bonds. The van der Waals surface area contributed by atoms with Gasteiger partial charge in [-0.2, -0.15) is 0 Å². The Kier molecular flexibility index (Phi) is 6.06. The standard InChI is InChI=1S/C12H17Cl2NO2/c1-8(3-2-4-16)15-7-9-5-10(13)6-11(14)12(9)17/h5-6,8,15-17H,2-4,7H2,1H3. The van der Waals surface area contributed by atoms with Crippen molar-refractivity contribution < 1.29 is 10.2 Å². The van der Waals surface area contributed by atoms with E-state index in [0.29, 0.717) is 17.1 Å². The summed E-state index contributed by atoms with van der Waals surface area (Å²) in [7, 11) is 0. The van der Waals surface area contributed by atoms with E-state index in [1.54, 1.807) is 6.07 Å². The molecule has 0 aliphatic carbocycles. The van der Waals surface area contributed by atoms with Crippen LogP contribution in [-0.2, 0) is 6.54 Å². The van der Waals surface area contributed by atoms with E-state index in [-0.39, 0.29) is 23.4 Å². The minimum absolute atomic E-state index is 0.0675. The van der Waals surface area contributed by atoms with Crippen molar-refractivity contribution in [1.82, 2.24) is 5.32 Å². The second-order valence-electron chi connectivity index (χ2n) is 4.04. The van der Waals surface area contributed by atoms with Crippen molar-refractivity contribution in [3.05, 3.63) is 27.7 Å². The van der Waals surface area contributed by atoms with Gasteiger partial charge >= 0.3 is 0 Å². The Morgan fingerprint density at radius 2 is 2.06 bits per heavy atom. The third kappa shape index (κ3) is 4.72. The lowest BCUT2D eigenvalue weighted by Crippen LogP contribution is -2.25. The van der Waals surface area contributed by atoms with Gasteiger partial charge in [-0.15, -0.1) is 0 Å². The molecule has 0 saturated heterocycles. The molecule has 0 heterocycles. The highest BCUT2D eigenvalue weighted by Gasteiger charge is 2.09. The molecule has 0 radical (unpaired) electrons. The number of benzene rings is 1. The van der Waals surface area contributed by atoms with E-state index in [1.165, 1.54) is 6.07 Å². The monoisotopic (exact) mass is 277 g/mol. The van der Waals surface area contributed by atoms with Crippen LogP contribution in [0.2, 0.25) is 10.0 Å². The van der Waals surface area contributed by atoms with Gasteiger partial charge in [0.2, 0.25) is 0 Å². The number of aliphatic hydroxyl groups is 1. The molecule has 0 fully saturated rings. The Morgan fingerprint density at radius 3 is 2.71 bits per heavy atom. The minimum atomic E-state index is 0.0675. The Hall–Kier alpha value is -0.480. The first-order valence-electron chi connectivity index (χ1n) is 5.55. The molecule has 17 heavy (non-hydrogen) atoms. The van der Waals surface area contributed by atoms with E-state index in [0.717, 1.165) is 12.8 Å². The molecule has 1 unspecified atom stereocenters. The second kappa shape index (κ2) is 7.07. The maximum atomic E-state index is 9.74. The van der Waals surface area contributed by atoms with Crippen LogP contribution < -0.4 is 5.32 Å². The van der Waals surface area contributed by atoms with Gasteiger partial charge in [0.05, 0.1) is 5.02 Å². The van der Waals surface area contributed by atoms with Gasteiger partial charge in [0, 0.05) is 29.8 Å². The number of halogens is 2. The first-order valence-corrected chi connectivity index (χ1v) is 6.31. The molecule has 1 atom stereocenters. The number of hydrogen-bond donors (Lipinski definition) is 3. The van der Waals surface area contributed by atoms with Crippen molar-refractivity contribution in [2.45, 2.75) is 32.4 Å². The Morgan fingerprint density at radius 1 is 1.35 bits per heavy atom. The maximum absolute atomic E-state index is 9.74. The molecule has 5 heteroatoms.